The summed E-state index contributed by atoms with van der Waals surface area (Å²) in [6.07, 6.45) is 2.22. The van der Waals surface area contributed by atoms with Gasteiger partial charge in [0.05, 0.1) is 11.4 Å². The van der Waals surface area contributed by atoms with E-state index in [0.29, 0.717) is 5.50 Å². The van der Waals surface area contributed by atoms with Gasteiger partial charge in [0.1, 0.15) is 0 Å². The van der Waals surface area contributed by atoms with Crippen LogP contribution in [0.15, 0.2) is 59.6 Å². The molecule has 1 atom stereocenters. The van der Waals surface area contributed by atoms with Gasteiger partial charge in [-0.3, -0.25) is 0 Å². The van der Waals surface area contributed by atoms with E-state index in [1.54, 1.807) is 0 Å². The number of thioether (sulfide) groups is 1. The molecule has 2 aromatic rings. The van der Waals surface area contributed by atoms with Gasteiger partial charge in [0.2, 0.25) is 0 Å². The Hall–Kier alpha value is -1.87. The lowest BCUT2D eigenvalue weighted by Crippen LogP contribution is -2.28. The van der Waals surface area contributed by atoms with Crippen molar-refractivity contribution in [3.05, 3.63) is 65.9 Å². The predicted molar refractivity (Wildman–Crippen MR) is 80.9 cm³/mol. The maximum atomic E-state index is 3.59. The van der Waals surface area contributed by atoms with Crippen LogP contribution in [0.1, 0.15) is 11.1 Å². The van der Waals surface area contributed by atoms with E-state index in [1.807, 2.05) is 11.8 Å². The zero-order chi connectivity index (χ0) is 12.8. The van der Waals surface area contributed by atoms with Crippen molar-refractivity contribution in [3.8, 4) is 0 Å². The highest BCUT2D eigenvalue weighted by molar-refractivity contribution is 8.00. The lowest BCUT2D eigenvalue weighted by Gasteiger charge is -2.15. The topological polar surface area (TPSA) is 15.3 Å². The molecule has 0 saturated heterocycles. The predicted octanol–water partition coefficient (Wildman–Crippen LogP) is 3.79. The van der Waals surface area contributed by atoms with Crippen LogP contribution >= 0.6 is 11.8 Å². The summed E-state index contributed by atoms with van der Waals surface area (Å²) in [6, 6.07) is 17.2. The van der Waals surface area contributed by atoms with Crippen molar-refractivity contribution >= 4 is 23.1 Å². The van der Waals surface area contributed by atoms with Crippen molar-refractivity contribution in [2.75, 3.05) is 4.90 Å². The highest BCUT2D eigenvalue weighted by atomic mass is 32.2. The molecule has 2 aliphatic rings. The fraction of sp³-hybridized carbons (Fsp3) is 0.125. The summed E-state index contributed by atoms with van der Waals surface area (Å²) in [6.45, 7) is 2.12. The van der Waals surface area contributed by atoms with Gasteiger partial charge in [-0.1, -0.05) is 53.7 Å². The Morgan fingerprint density at radius 2 is 1.84 bits per heavy atom. The molecule has 0 radical (unpaired) electrons. The molecule has 0 bridgehead atoms. The molecule has 1 N–H and O–H groups in total. The maximum Gasteiger partial charge on any atom is 0.156 e. The molecule has 2 nitrogen and oxygen atoms in total. The standard InChI is InChI=1S/C16H14N2S/c1-11-6-8-12(9-7-11)13-10-18-14-4-2-3-5-15(14)19-16(18)17-13/h2-10,16-17H,1H3. The van der Waals surface area contributed by atoms with Crippen molar-refractivity contribution in [1.29, 1.82) is 0 Å². The first-order chi connectivity index (χ1) is 9.31. The average Bonchev–Trinajstić information content (AvgIpc) is 2.97. The van der Waals surface area contributed by atoms with Crippen molar-refractivity contribution in [3.63, 3.8) is 0 Å². The van der Waals surface area contributed by atoms with Crippen LogP contribution in [-0.4, -0.2) is 5.50 Å². The number of hydrogen-bond donors (Lipinski definition) is 1. The summed E-state index contributed by atoms with van der Waals surface area (Å²) in [4.78, 5) is 3.66. The maximum absolute atomic E-state index is 3.59. The fourth-order valence-electron chi connectivity index (χ4n) is 2.51. The second-order valence-corrected chi connectivity index (χ2v) is 6.02. The van der Waals surface area contributed by atoms with Crippen LogP contribution in [0.2, 0.25) is 0 Å². The summed E-state index contributed by atoms with van der Waals surface area (Å²) in [5, 5.41) is 3.59. The van der Waals surface area contributed by atoms with Gasteiger partial charge < -0.3 is 10.2 Å². The van der Waals surface area contributed by atoms with Crippen LogP contribution in [-0.2, 0) is 0 Å². The fourth-order valence-corrected chi connectivity index (χ4v) is 3.68. The van der Waals surface area contributed by atoms with Gasteiger partial charge >= 0.3 is 0 Å². The van der Waals surface area contributed by atoms with E-state index in [1.165, 1.54) is 27.4 Å². The number of nitrogens with zero attached hydrogens (tertiary/aromatic N) is 1. The van der Waals surface area contributed by atoms with E-state index < -0.39 is 0 Å². The molecule has 0 fully saturated rings. The van der Waals surface area contributed by atoms with Crippen molar-refractivity contribution in [1.82, 2.24) is 5.32 Å². The van der Waals surface area contributed by atoms with Crippen molar-refractivity contribution in [2.24, 2.45) is 0 Å². The van der Waals surface area contributed by atoms with Crippen molar-refractivity contribution in [2.45, 2.75) is 17.3 Å². The number of aryl methyl sites for hydroxylation is 1. The molecule has 3 heteroatoms. The van der Waals surface area contributed by atoms with Crippen molar-refractivity contribution < 1.29 is 0 Å². The van der Waals surface area contributed by atoms with Gasteiger partial charge in [0, 0.05) is 11.1 Å². The van der Waals surface area contributed by atoms with Crippen LogP contribution in [0.4, 0.5) is 5.69 Å². The Kier molecular flexibility index (Phi) is 2.35. The molecule has 2 aromatic carbocycles. The SMILES string of the molecule is Cc1ccc(C2=CN3c4ccccc4SC3N2)cc1. The number of fused-ring (bicyclic) bond motifs is 3. The second-order valence-electron chi connectivity index (χ2n) is 4.90. The van der Waals surface area contributed by atoms with Gasteiger partial charge in [-0.05, 0) is 24.6 Å². The minimum absolute atomic E-state index is 0.300. The Balaban J connectivity index is 1.71. The van der Waals surface area contributed by atoms with E-state index in [4.69, 9.17) is 0 Å². The molecule has 4 rings (SSSR count). The molecule has 2 heterocycles. The molecule has 0 aromatic heterocycles. The van der Waals surface area contributed by atoms with Gasteiger partial charge in [0.15, 0.2) is 5.50 Å². The Bertz CT molecular complexity index is 661. The number of nitrogens with one attached hydrogen (secondary N) is 1. The largest absolute Gasteiger partial charge is 0.354 e. The summed E-state index contributed by atoms with van der Waals surface area (Å²) >= 11 is 1.87. The third-order valence-corrected chi connectivity index (χ3v) is 4.71. The molecular weight excluding hydrogens is 252 g/mol. The van der Waals surface area contributed by atoms with E-state index >= 15 is 0 Å². The van der Waals surface area contributed by atoms with E-state index in [-0.39, 0.29) is 0 Å². The molecule has 19 heavy (non-hydrogen) atoms. The number of hydrogen-bond acceptors (Lipinski definition) is 3. The van der Waals surface area contributed by atoms with E-state index in [2.05, 4.69) is 71.9 Å². The quantitative estimate of drug-likeness (QED) is 0.845. The summed E-state index contributed by atoms with van der Waals surface area (Å²) in [7, 11) is 0. The zero-order valence-electron chi connectivity index (χ0n) is 10.6. The van der Waals surface area contributed by atoms with Crippen LogP contribution in [0.3, 0.4) is 0 Å². The highest BCUT2D eigenvalue weighted by Crippen LogP contribution is 2.45. The van der Waals surface area contributed by atoms with Crippen LogP contribution in [0.5, 0.6) is 0 Å². The Morgan fingerprint density at radius 3 is 2.68 bits per heavy atom. The first kappa shape index (κ1) is 11.0. The zero-order valence-corrected chi connectivity index (χ0v) is 11.4. The minimum Gasteiger partial charge on any atom is -0.354 e. The molecule has 1 unspecified atom stereocenters. The lowest BCUT2D eigenvalue weighted by atomic mass is 10.1. The number of rotatable bonds is 1. The van der Waals surface area contributed by atoms with E-state index in [9.17, 15) is 0 Å². The first-order valence-corrected chi connectivity index (χ1v) is 7.29. The van der Waals surface area contributed by atoms with Gasteiger partial charge in [-0.25, -0.2) is 0 Å². The normalized spacial score (nSPS) is 19.7. The summed E-state index contributed by atoms with van der Waals surface area (Å²) in [5.41, 5.74) is 5.34. The molecular formula is C16H14N2S. The van der Waals surface area contributed by atoms with E-state index in [0.717, 1.165) is 0 Å². The molecule has 0 amide bonds. The number of benzene rings is 2. The Morgan fingerprint density at radius 1 is 1.05 bits per heavy atom. The molecule has 94 valence electrons. The summed E-state index contributed by atoms with van der Waals surface area (Å²) < 4.78 is 0. The summed E-state index contributed by atoms with van der Waals surface area (Å²) in [5.74, 6) is 0. The molecule has 2 aliphatic heterocycles. The third-order valence-electron chi connectivity index (χ3n) is 3.54. The minimum atomic E-state index is 0.300. The van der Waals surface area contributed by atoms with Gasteiger partial charge in [0.25, 0.3) is 0 Å². The molecule has 0 aliphatic carbocycles. The second kappa shape index (κ2) is 4.07. The van der Waals surface area contributed by atoms with Crippen LogP contribution in [0, 0.1) is 6.92 Å². The molecule has 0 spiro atoms. The first-order valence-electron chi connectivity index (χ1n) is 6.41. The lowest BCUT2D eigenvalue weighted by molar-refractivity contribution is 0.859. The smallest absolute Gasteiger partial charge is 0.156 e. The van der Waals surface area contributed by atoms with Gasteiger partial charge in [-0.15, -0.1) is 0 Å². The molecule has 0 saturated carbocycles. The average molecular weight is 266 g/mol. The number of para-hydroxylation sites is 1. The third kappa shape index (κ3) is 1.73. The Labute approximate surface area is 117 Å². The highest BCUT2D eigenvalue weighted by Gasteiger charge is 2.33. The number of anilines is 1. The monoisotopic (exact) mass is 266 g/mol. The van der Waals surface area contributed by atoms with Gasteiger partial charge in [-0.2, -0.15) is 0 Å². The van der Waals surface area contributed by atoms with Crippen LogP contribution < -0.4 is 10.2 Å². The van der Waals surface area contributed by atoms with Crippen LogP contribution in [0.25, 0.3) is 5.70 Å².